The second-order valence-corrected chi connectivity index (χ2v) is 12.2. The van der Waals surface area contributed by atoms with Crippen LogP contribution in [0.4, 0.5) is 0 Å². The van der Waals surface area contributed by atoms with Gasteiger partial charge in [-0.05, 0) is 110 Å². The number of esters is 1. The minimum atomic E-state index is -0.338. The third kappa shape index (κ3) is 4.44. The number of carbonyl (C=O) groups is 1. The zero-order chi connectivity index (χ0) is 23.3. The molecule has 1 N–H and O–H groups in total. The second-order valence-electron chi connectivity index (χ2n) is 11.1. The van der Waals surface area contributed by atoms with E-state index in [9.17, 15) is 9.90 Å². The van der Waals surface area contributed by atoms with Crippen molar-refractivity contribution in [3.05, 3.63) is 53.6 Å². The lowest BCUT2D eigenvalue weighted by Crippen LogP contribution is -2.42. The number of ether oxygens (including phenoxy) is 1. The summed E-state index contributed by atoms with van der Waals surface area (Å²) in [5.74, 6) is 0.881. The first-order valence-corrected chi connectivity index (χ1v) is 12.9. The van der Waals surface area contributed by atoms with Crippen LogP contribution < -0.4 is 0 Å². The normalized spacial score (nSPS) is 37.9. The first-order chi connectivity index (χ1) is 15.0. The molecule has 1 aromatic rings. The number of benzene rings is 1. The number of hydrogen-bond donors (Lipinski definition) is 1. The van der Waals surface area contributed by atoms with Gasteiger partial charge in [0.15, 0.2) is 0 Å². The van der Waals surface area contributed by atoms with Gasteiger partial charge in [0, 0.05) is 4.83 Å². The SMILES string of the molecule is C=C(C)[C@@H]1CC[C@]2(C)C[C@H]2CC[C@@]2(C)[C@H](Cc3cc(ccc3O)C(=O)O1)C(=C)CC[C@@H]2Br. The maximum atomic E-state index is 13.0. The minimum absolute atomic E-state index is 0.0716. The number of halogens is 1. The summed E-state index contributed by atoms with van der Waals surface area (Å²) in [6, 6.07) is 5.11. The maximum absolute atomic E-state index is 13.0. The van der Waals surface area contributed by atoms with Crippen molar-refractivity contribution in [1.29, 1.82) is 0 Å². The number of alkyl halides is 1. The highest BCUT2D eigenvalue weighted by atomic mass is 79.9. The Kier molecular flexibility index (Phi) is 6.39. The van der Waals surface area contributed by atoms with E-state index in [0.717, 1.165) is 49.2 Å². The van der Waals surface area contributed by atoms with Gasteiger partial charge in [0.05, 0.1) is 5.56 Å². The average molecular weight is 502 g/mol. The Labute approximate surface area is 201 Å². The predicted octanol–water partition coefficient (Wildman–Crippen LogP) is 7.37. The number of fused-ring (bicyclic) bond motifs is 4. The molecule has 0 unspecified atom stereocenters. The standard InChI is InChI=1S/C28H37BrO3/c1-17(2)24-11-12-27(4)16-21(27)10-13-28(5)22(18(3)6-9-25(28)29)15-20-14-19(26(31)32-24)7-8-23(20)30/h7-8,14,21-22,24-25,30H,1,3,6,9-13,15-16H2,2,4-5H3/t21-,22-,24+,25+,27-,28+/m1/s1. The van der Waals surface area contributed by atoms with E-state index in [1.165, 1.54) is 18.4 Å². The lowest BCUT2D eigenvalue weighted by molar-refractivity contribution is 0.0344. The smallest absolute Gasteiger partial charge is 0.338 e. The van der Waals surface area contributed by atoms with E-state index in [1.54, 1.807) is 12.1 Å². The fourth-order valence-electron chi connectivity index (χ4n) is 6.11. The molecule has 0 amide bonds. The summed E-state index contributed by atoms with van der Waals surface area (Å²) in [7, 11) is 0. The molecule has 32 heavy (non-hydrogen) atoms. The van der Waals surface area contributed by atoms with Crippen molar-refractivity contribution in [3.63, 3.8) is 0 Å². The fourth-order valence-corrected chi connectivity index (χ4v) is 6.89. The van der Waals surface area contributed by atoms with Crippen LogP contribution in [0.25, 0.3) is 0 Å². The summed E-state index contributed by atoms with van der Waals surface area (Å²) < 4.78 is 5.90. The van der Waals surface area contributed by atoms with Crippen LogP contribution in [0.2, 0.25) is 0 Å². The van der Waals surface area contributed by atoms with Crippen LogP contribution in [0.5, 0.6) is 5.75 Å². The minimum Gasteiger partial charge on any atom is -0.508 e. The molecule has 0 saturated heterocycles. The van der Waals surface area contributed by atoms with Crippen molar-refractivity contribution in [3.8, 4) is 5.75 Å². The maximum Gasteiger partial charge on any atom is 0.338 e. The van der Waals surface area contributed by atoms with Crippen LogP contribution in [0.1, 0.15) is 81.6 Å². The number of rotatable bonds is 1. The Balaban J connectivity index is 1.72. The van der Waals surface area contributed by atoms with Gasteiger partial charge in [0.1, 0.15) is 11.9 Å². The zero-order valence-electron chi connectivity index (χ0n) is 19.8. The molecule has 3 aliphatic rings. The quantitative estimate of drug-likeness (QED) is 0.248. The Morgan fingerprint density at radius 1 is 1.22 bits per heavy atom. The molecule has 4 rings (SSSR count). The van der Waals surface area contributed by atoms with Gasteiger partial charge < -0.3 is 9.84 Å². The van der Waals surface area contributed by atoms with Crippen molar-refractivity contribution >= 4 is 21.9 Å². The van der Waals surface area contributed by atoms with Gasteiger partial charge in [0.25, 0.3) is 0 Å². The molecule has 1 heterocycles. The highest BCUT2D eigenvalue weighted by Crippen LogP contribution is 2.61. The number of hydrogen-bond acceptors (Lipinski definition) is 3. The average Bonchev–Trinajstić information content (AvgIpc) is 3.40. The molecule has 2 aliphatic carbocycles. The summed E-state index contributed by atoms with van der Waals surface area (Å²) in [6.45, 7) is 15.2. The molecular weight excluding hydrogens is 464 g/mol. The molecule has 0 spiro atoms. The molecule has 2 bridgehead atoms. The largest absolute Gasteiger partial charge is 0.508 e. The van der Waals surface area contributed by atoms with Crippen molar-refractivity contribution in [2.45, 2.75) is 83.1 Å². The van der Waals surface area contributed by atoms with Crippen LogP contribution in [0.3, 0.4) is 0 Å². The molecule has 1 aliphatic heterocycles. The van der Waals surface area contributed by atoms with Gasteiger partial charge >= 0.3 is 5.97 Å². The van der Waals surface area contributed by atoms with Gasteiger partial charge in [-0.2, -0.15) is 0 Å². The number of aromatic hydroxyl groups is 1. The van der Waals surface area contributed by atoms with Crippen LogP contribution in [0.15, 0.2) is 42.5 Å². The Morgan fingerprint density at radius 3 is 2.69 bits per heavy atom. The number of allylic oxidation sites excluding steroid dienone is 1. The number of phenols is 1. The van der Waals surface area contributed by atoms with Gasteiger partial charge in [-0.3, -0.25) is 0 Å². The van der Waals surface area contributed by atoms with E-state index in [1.807, 2.05) is 13.0 Å². The third-order valence-corrected chi connectivity index (χ3v) is 10.3. The summed E-state index contributed by atoms with van der Waals surface area (Å²) in [4.78, 5) is 13.4. The van der Waals surface area contributed by atoms with E-state index >= 15 is 0 Å². The van der Waals surface area contributed by atoms with E-state index in [0.29, 0.717) is 22.2 Å². The third-order valence-electron chi connectivity index (χ3n) is 8.81. The first-order valence-electron chi connectivity index (χ1n) is 12.0. The van der Waals surface area contributed by atoms with Crippen LogP contribution in [-0.2, 0) is 11.2 Å². The Morgan fingerprint density at radius 2 is 1.97 bits per heavy atom. The molecule has 2 fully saturated rings. The van der Waals surface area contributed by atoms with Crippen LogP contribution in [-0.4, -0.2) is 22.0 Å². The van der Waals surface area contributed by atoms with Crippen molar-refractivity contribution in [2.24, 2.45) is 22.7 Å². The highest BCUT2D eigenvalue weighted by molar-refractivity contribution is 9.09. The van der Waals surface area contributed by atoms with Gasteiger partial charge in [-0.1, -0.05) is 48.5 Å². The van der Waals surface area contributed by atoms with Gasteiger partial charge in [0.2, 0.25) is 0 Å². The second kappa shape index (κ2) is 8.66. The molecular formula is C28H37BrO3. The van der Waals surface area contributed by atoms with Gasteiger partial charge in [-0.15, -0.1) is 0 Å². The molecule has 0 radical (unpaired) electrons. The van der Waals surface area contributed by atoms with Crippen molar-refractivity contribution in [1.82, 2.24) is 0 Å². The molecule has 174 valence electrons. The molecule has 0 aromatic heterocycles. The highest BCUT2D eigenvalue weighted by Gasteiger charge is 2.52. The first kappa shape index (κ1) is 23.6. The van der Waals surface area contributed by atoms with E-state index < -0.39 is 0 Å². The van der Waals surface area contributed by atoms with E-state index in [2.05, 4.69) is 42.9 Å². The number of carbonyl (C=O) groups excluding carboxylic acids is 1. The lowest BCUT2D eigenvalue weighted by Gasteiger charge is -2.47. The molecule has 2 saturated carbocycles. The topological polar surface area (TPSA) is 46.5 Å². The Bertz CT molecular complexity index is 937. The number of phenolic OH excluding ortho intramolecular Hbond substituents is 1. The molecule has 4 heteroatoms. The molecule has 1 aromatic carbocycles. The fraction of sp³-hybridized carbons (Fsp3) is 0.607. The van der Waals surface area contributed by atoms with E-state index in [4.69, 9.17) is 4.74 Å². The molecule has 3 nitrogen and oxygen atoms in total. The number of cyclic esters (lactones) is 1. The lowest BCUT2D eigenvalue weighted by atomic mass is 9.61. The zero-order valence-corrected chi connectivity index (χ0v) is 21.3. The Hall–Kier alpha value is -1.55. The molecule has 6 atom stereocenters. The summed E-state index contributed by atoms with van der Waals surface area (Å²) in [5, 5.41) is 10.6. The van der Waals surface area contributed by atoms with Crippen molar-refractivity contribution in [2.75, 3.05) is 0 Å². The monoisotopic (exact) mass is 500 g/mol. The predicted molar refractivity (Wildman–Crippen MR) is 133 cm³/mol. The van der Waals surface area contributed by atoms with E-state index in [-0.39, 0.29) is 29.2 Å². The summed E-state index contributed by atoms with van der Waals surface area (Å²) in [6.07, 6.45) is 8.00. The van der Waals surface area contributed by atoms with Gasteiger partial charge in [-0.25, -0.2) is 4.79 Å². The van der Waals surface area contributed by atoms with Crippen molar-refractivity contribution < 1.29 is 14.6 Å². The summed E-state index contributed by atoms with van der Waals surface area (Å²) >= 11 is 4.02. The van der Waals surface area contributed by atoms with Crippen LogP contribution in [0, 0.1) is 22.7 Å². The van der Waals surface area contributed by atoms with Crippen LogP contribution >= 0.6 is 15.9 Å². The summed E-state index contributed by atoms with van der Waals surface area (Å²) in [5.41, 5.74) is 3.85.